The minimum Gasteiger partial charge on any atom is -0.497 e. The van der Waals surface area contributed by atoms with E-state index in [0.717, 1.165) is 22.4 Å². The largest absolute Gasteiger partial charge is 0.497 e. The Labute approximate surface area is 201 Å². The van der Waals surface area contributed by atoms with Crippen molar-refractivity contribution in [2.75, 3.05) is 27.4 Å². The smallest absolute Gasteiger partial charge is 0.247 e. The van der Waals surface area contributed by atoms with Crippen LogP contribution < -0.4 is 10.1 Å². The molecule has 0 fully saturated rings. The van der Waals surface area contributed by atoms with Gasteiger partial charge >= 0.3 is 0 Å². The molecule has 0 aliphatic heterocycles. The summed E-state index contributed by atoms with van der Waals surface area (Å²) in [6, 6.07) is 26.1. The van der Waals surface area contributed by atoms with Gasteiger partial charge in [-0.05, 0) is 35.2 Å². The van der Waals surface area contributed by atoms with Crippen LogP contribution in [0.5, 0.6) is 5.75 Å². The number of methoxy groups -OCH3 is 2. The lowest BCUT2D eigenvalue weighted by molar-refractivity contribution is -0.141. The molecule has 3 aromatic carbocycles. The molecular formula is C28H32N2O4. The van der Waals surface area contributed by atoms with E-state index in [2.05, 4.69) is 5.32 Å². The SMILES string of the molecule is COCCNC(=O)C(c1ccccc1)N(Cc1ccc(OC)cc1)C(=O)CCc1ccccc1. The molecule has 2 amide bonds. The number of carbonyl (C=O) groups excluding carboxylic acids is 2. The normalized spacial score (nSPS) is 11.5. The Balaban J connectivity index is 1.90. The fourth-order valence-corrected chi connectivity index (χ4v) is 3.77. The number of nitrogens with one attached hydrogen (secondary N) is 1. The van der Waals surface area contributed by atoms with Gasteiger partial charge in [-0.2, -0.15) is 0 Å². The van der Waals surface area contributed by atoms with Crippen LogP contribution in [0.15, 0.2) is 84.9 Å². The van der Waals surface area contributed by atoms with Crippen molar-refractivity contribution in [3.05, 3.63) is 102 Å². The first-order valence-electron chi connectivity index (χ1n) is 11.4. The van der Waals surface area contributed by atoms with Crippen LogP contribution in [0.25, 0.3) is 0 Å². The first-order valence-corrected chi connectivity index (χ1v) is 11.4. The summed E-state index contributed by atoms with van der Waals surface area (Å²) in [7, 11) is 3.20. The van der Waals surface area contributed by atoms with E-state index in [4.69, 9.17) is 9.47 Å². The Kier molecular flexibility index (Phi) is 9.67. The van der Waals surface area contributed by atoms with Crippen molar-refractivity contribution < 1.29 is 19.1 Å². The van der Waals surface area contributed by atoms with Crippen molar-refractivity contribution in [2.45, 2.75) is 25.4 Å². The number of amides is 2. The molecule has 0 heterocycles. The molecule has 3 rings (SSSR count). The predicted octanol–water partition coefficient (Wildman–Crippen LogP) is 4.16. The lowest BCUT2D eigenvalue weighted by atomic mass is 10.0. The highest BCUT2D eigenvalue weighted by Crippen LogP contribution is 2.26. The van der Waals surface area contributed by atoms with Gasteiger partial charge in [0.1, 0.15) is 11.8 Å². The van der Waals surface area contributed by atoms with E-state index in [-0.39, 0.29) is 11.8 Å². The molecule has 0 bridgehead atoms. The average molecular weight is 461 g/mol. The number of aryl methyl sites for hydroxylation is 1. The van der Waals surface area contributed by atoms with Gasteiger partial charge in [-0.3, -0.25) is 9.59 Å². The first kappa shape index (κ1) is 25.0. The third-order valence-electron chi connectivity index (χ3n) is 5.58. The second-order valence-electron chi connectivity index (χ2n) is 7.95. The quantitative estimate of drug-likeness (QED) is 0.412. The molecule has 6 nitrogen and oxygen atoms in total. The maximum Gasteiger partial charge on any atom is 0.247 e. The number of ether oxygens (including phenoxy) is 2. The predicted molar refractivity (Wildman–Crippen MR) is 132 cm³/mol. The van der Waals surface area contributed by atoms with Crippen LogP contribution >= 0.6 is 0 Å². The van der Waals surface area contributed by atoms with Gasteiger partial charge in [-0.1, -0.05) is 72.8 Å². The van der Waals surface area contributed by atoms with Gasteiger partial charge in [0.15, 0.2) is 0 Å². The van der Waals surface area contributed by atoms with Crippen LogP contribution in [-0.4, -0.2) is 44.1 Å². The van der Waals surface area contributed by atoms with Gasteiger partial charge in [0.05, 0.1) is 13.7 Å². The van der Waals surface area contributed by atoms with Crippen LogP contribution in [0.3, 0.4) is 0 Å². The van der Waals surface area contributed by atoms with Gasteiger partial charge < -0.3 is 19.7 Å². The second-order valence-corrected chi connectivity index (χ2v) is 7.95. The van der Waals surface area contributed by atoms with Crippen molar-refractivity contribution in [1.82, 2.24) is 10.2 Å². The highest BCUT2D eigenvalue weighted by Gasteiger charge is 2.31. The van der Waals surface area contributed by atoms with Crippen LogP contribution in [0.2, 0.25) is 0 Å². The summed E-state index contributed by atoms with van der Waals surface area (Å²) in [5.74, 6) is 0.419. The number of nitrogens with zero attached hydrogens (tertiary/aromatic N) is 1. The van der Waals surface area contributed by atoms with Crippen molar-refractivity contribution >= 4 is 11.8 Å². The highest BCUT2D eigenvalue weighted by molar-refractivity contribution is 5.88. The Hall–Kier alpha value is -3.64. The molecule has 0 aliphatic carbocycles. The Bertz CT molecular complexity index is 1020. The minimum atomic E-state index is -0.761. The Morgan fingerprint density at radius 1 is 0.853 bits per heavy atom. The summed E-state index contributed by atoms with van der Waals surface area (Å²) in [5.41, 5.74) is 2.76. The van der Waals surface area contributed by atoms with E-state index >= 15 is 0 Å². The molecule has 0 spiro atoms. The number of rotatable bonds is 12. The van der Waals surface area contributed by atoms with Crippen LogP contribution in [-0.2, 0) is 27.3 Å². The van der Waals surface area contributed by atoms with Gasteiger partial charge in [-0.15, -0.1) is 0 Å². The van der Waals surface area contributed by atoms with Crippen molar-refractivity contribution in [3.8, 4) is 5.75 Å². The first-order chi connectivity index (χ1) is 16.6. The fourth-order valence-electron chi connectivity index (χ4n) is 3.77. The summed E-state index contributed by atoms with van der Waals surface area (Å²) in [4.78, 5) is 28.6. The number of benzene rings is 3. The number of hydrogen-bond donors (Lipinski definition) is 1. The summed E-state index contributed by atoms with van der Waals surface area (Å²) in [5, 5.41) is 2.92. The van der Waals surface area contributed by atoms with Gasteiger partial charge in [0.25, 0.3) is 0 Å². The van der Waals surface area contributed by atoms with Gasteiger partial charge in [0, 0.05) is 26.6 Å². The van der Waals surface area contributed by atoms with Crippen molar-refractivity contribution in [1.29, 1.82) is 0 Å². The maximum absolute atomic E-state index is 13.6. The molecule has 1 atom stereocenters. The topological polar surface area (TPSA) is 67.9 Å². The molecule has 1 N–H and O–H groups in total. The van der Waals surface area contributed by atoms with E-state index in [1.807, 2.05) is 84.9 Å². The molecule has 34 heavy (non-hydrogen) atoms. The van der Waals surface area contributed by atoms with E-state index in [1.54, 1.807) is 19.1 Å². The Morgan fingerprint density at radius 3 is 2.12 bits per heavy atom. The summed E-state index contributed by atoms with van der Waals surface area (Å²) in [6.07, 6.45) is 0.903. The molecular weight excluding hydrogens is 428 g/mol. The fraction of sp³-hybridized carbons (Fsp3) is 0.286. The molecule has 1 unspecified atom stereocenters. The number of carbonyl (C=O) groups is 2. The van der Waals surface area contributed by atoms with Crippen molar-refractivity contribution in [2.24, 2.45) is 0 Å². The zero-order chi connectivity index (χ0) is 24.2. The zero-order valence-electron chi connectivity index (χ0n) is 19.8. The third-order valence-corrected chi connectivity index (χ3v) is 5.58. The molecule has 178 valence electrons. The summed E-state index contributed by atoms with van der Waals surface area (Å²) >= 11 is 0. The second kappa shape index (κ2) is 13.2. The lowest BCUT2D eigenvalue weighted by Gasteiger charge is -2.32. The molecule has 0 aromatic heterocycles. The van der Waals surface area contributed by atoms with Gasteiger partial charge in [0.2, 0.25) is 11.8 Å². The van der Waals surface area contributed by atoms with Crippen LogP contribution in [0, 0.1) is 0 Å². The molecule has 6 heteroatoms. The molecule has 0 saturated heterocycles. The summed E-state index contributed by atoms with van der Waals surface area (Å²) in [6.45, 7) is 1.07. The highest BCUT2D eigenvalue weighted by atomic mass is 16.5. The third kappa shape index (κ3) is 7.18. The van der Waals surface area contributed by atoms with Crippen molar-refractivity contribution in [3.63, 3.8) is 0 Å². The van der Waals surface area contributed by atoms with E-state index in [0.29, 0.717) is 32.5 Å². The van der Waals surface area contributed by atoms with Gasteiger partial charge in [-0.25, -0.2) is 0 Å². The molecule has 0 radical (unpaired) electrons. The minimum absolute atomic E-state index is 0.0876. The van der Waals surface area contributed by atoms with E-state index in [9.17, 15) is 9.59 Å². The van der Waals surface area contributed by atoms with E-state index < -0.39 is 6.04 Å². The standard InChI is InChI=1S/C28H32N2O4/c1-33-20-19-29-28(32)27(24-11-7-4-8-12-24)30(21-23-13-16-25(34-2)17-14-23)26(31)18-15-22-9-5-3-6-10-22/h3-14,16-17,27H,15,18-21H2,1-2H3,(H,29,32). The Morgan fingerprint density at radius 2 is 1.50 bits per heavy atom. The number of hydrogen-bond acceptors (Lipinski definition) is 4. The molecule has 0 saturated carbocycles. The van der Waals surface area contributed by atoms with E-state index in [1.165, 1.54) is 0 Å². The average Bonchev–Trinajstić information content (AvgIpc) is 2.88. The molecule has 0 aliphatic rings. The molecule has 3 aromatic rings. The van der Waals surface area contributed by atoms with Crippen LogP contribution in [0.1, 0.15) is 29.2 Å². The van der Waals surface area contributed by atoms with Crippen LogP contribution in [0.4, 0.5) is 0 Å². The summed E-state index contributed by atoms with van der Waals surface area (Å²) < 4.78 is 10.3. The lowest BCUT2D eigenvalue weighted by Crippen LogP contribution is -2.44. The monoisotopic (exact) mass is 460 g/mol. The maximum atomic E-state index is 13.6. The zero-order valence-corrected chi connectivity index (χ0v) is 19.8.